The predicted octanol–water partition coefficient (Wildman–Crippen LogP) is 2.08. The molecule has 0 bridgehead atoms. The molecule has 0 N–H and O–H groups in total. The average Bonchev–Trinajstić information content (AvgIpc) is 2.34. The second-order valence-corrected chi connectivity index (χ2v) is 3.02. The van der Waals surface area contributed by atoms with Crippen molar-refractivity contribution in [3.05, 3.63) is 47.5 Å². The summed E-state index contributed by atoms with van der Waals surface area (Å²) >= 11 is 0. The van der Waals surface area contributed by atoms with Crippen molar-refractivity contribution < 1.29 is 14.3 Å². The van der Waals surface area contributed by atoms with E-state index in [0.717, 1.165) is 17.4 Å². The van der Waals surface area contributed by atoms with Gasteiger partial charge in [0.15, 0.2) is 0 Å². The molecule has 82 valence electrons. The number of carbonyl (C=O) groups is 2. The van der Waals surface area contributed by atoms with E-state index < -0.39 is 0 Å². The summed E-state index contributed by atoms with van der Waals surface area (Å²) in [5.41, 5.74) is 1.83. The van der Waals surface area contributed by atoms with Crippen molar-refractivity contribution in [2.75, 3.05) is 7.11 Å². The van der Waals surface area contributed by atoms with Gasteiger partial charge in [0.1, 0.15) is 6.29 Å². The van der Waals surface area contributed by atoms with Crippen molar-refractivity contribution in [2.45, 2.75) is 0 Å². The number of hydrogen-bond donors (Lipinski definition) is 0. The zero-order valence-electron chi connectivity index (χ0n) is 8.92. The SMILES string of the molecule is COC(=O)/C=C/c1ccc(C=CC=O)cc1. The van der Waals surface area contributed by atoms with Gasteiger partial charge in [-0.3, -0.25) is 4.79 Å². The van der Waals surface area contributed by atoms with E-state index in [9.17, 15) is 9.59 Å². The van der Waals surface area contributed by atoms with E-state index in [0.29, 0.717) is 0 Å². The molecule has 0 unspecified atom stereocenters. The van der Waals surface area contributed by atoms with Gasteiger partial charge in [0.05, 0.1) is 7.11 Å². The van der Waals surface area contributed by atoms with Gasteiger partial charge in [-0.25, -0.2) is 4.79 Å². The zero-order chi connectivity index (χ0) is 11.8. The smallest absolute Gasteiger partial charge is 0.330 e. The van der Waals surface area contributed by atoms with Crippen LogP contribution < -0.4 is 0 Å². The number of methoxy groups -OCH3 is 1. The van der Waals surface area contributed by atoms with E-state index in [4.69, 9.17) is 0 Å². The van der Waals surface area contributed by atoms with Gasteiger partial charge in [0, 0.05) is 6.08 Å². The number of esters is 1. The highest BCUT2D eigenvalue weighted by molar-refractivity contribution is 5.87. The molecule has 0 heterocycles. The van der Waals surface area contributed by atoms with Crippen LogP contribution in [0.3, 0.4) is 0 Å². The first-order valence-electron chi connectivity index (χ1n) is 4.74. The summed E-state index contributed by atoms with van der Waals surface area (Å²) in [5.74, 6) is -0.384. The number of hydrogen-bond acceptors (Lipinski definition) is 3. The fourth-order valence-corrected chi connectivity index (χ4v) is 1.10. The first-order valence-corrected chi connectivity index (χ1v) is 4.74. The molecule has 1 rings (SSSR count). The molecule has 3 heteroatoms. The van der Waals surface area contributed by atoms with Crippen LogP contribution in [0.1, 0.15) is 11.1 Å². The van der Waals surface area contributed by atoms with Crippen molar-refractivity contribution in [1.82, 2.24) is 0 Å². The molecule has 0 saturated heterocycles. The summed E-state index contributed by atoms with van der Waals surface area (Å²) < 4.78 is 4.47. The molecule has 0 radical (unpaired) electrons. The van der Waals surface area contributed by atoms with E-state index in [1.807, 2.05) is 24.3 Å². The van der Waals surface area contributed by atoms with E-state index >= 15 is 0 Å². The Kier molecular flexibility index (Phi) is 4.73. The Morgan fingerprint density at radius 3 is 2.19 bits per heavy atom. The van der Waals surface area contributed by atoms with Gasteiger partial charge in [-0.2, -0.15) is 0 Å². The van der Waals surface area contributed by atoms with Crippen LogP contribution in [0.5, 0.6) is 0 Å². The standard InChI is InChI=1S/C13H12O3/c1-16-13(15)9-8-12-6-4-11(5-7-12)3-2-10-14/h2-10H,1H3/b3-2?,9-8+. The third-order valence-corrected chi connectivity index (χ3v) is 1.92. The first kappa shape index (κ1) is 11.9. The fourth-order valence-electron chi connectivity index (χ4n) is 1.10. The van der Waals surface area contributed by atoms with Crippen molar-refractivity contribution in [3.63, 3.8) is 0 Å². The van der Waals surface area contributed by atoms with E-state index in [-0.39, 0.29) is 5.97 Å². The number of aldehydes is 1. The Labute approximate surface area is 94.0 Å². The molecule has 1 aromatic rings. The Morgan fingerprint density at radius 2 is 1.69 bits per heavy atom. The van der Waals surface area contributed by atoms with E-state index in [1.165, 1.54) is 19.3 Å². The van der Waals surface area contributed by atoms with E-state index in [1.54, 1.807) is 12.2 Å². The van der Waals surface area contributed by atoms with Gasteiger partial charge < -0.3 is 4.74 Å². The van der Waals surface area contributed by atoms with Gasteiger partial charge in [-0.05, 0) is 23.3 Å². The maximum absolute atomic E-state index is 10.8. The Morgan fingerprint density at radius 1 is 1.12 bits per heavy atom. The summed E-state index contributed by atoms with van der Waals surface area (Å²) in [7, 11) is 1.33. The van der Waals surface area contributed by atoms with Gasteiger partial charge in [-0.1, -0.05) is 30.3 Å². The topological polar surface area (TPSA) is 43.4 Å². The molecule has 3 nitrogen and oxygen atoms in total. The Hall–Kier alpha value is -2.16. The highest BCUT2D eigenvalue weighted by atomic mass is 16.5. The molecule has 0 aliphatic heterocycles. The third kappa shape index (κ3) is 3.92. The zero-order valence-corrected chi connectivity index (χ0v) is 8.92. The highest BCUT2D eigenvalue weighted by Gasteiger charge is 1.92. The van der Waals surface area contributed by atoms with Crippen LogP contribution in [0.25, 0.3) is 12.2 Å². The lowest BCUT2D eigenvalue weighted by molar-refractivity contribution is -0.134. The lowest BCUT2D eigenvalue weighted by Crippen LogP contribution is -1.93. The molecule has 0 aromatic heterocycles. The molecule has 1 aromatic carbocycles. The fraction of sp³-hybridized carbons (Fsp3) is 0.0769. The highest BCUT2D eigenvalue weighted by Crippen LogP contribution is 2.07. The lowest BCUT2D eigenvalue weighted by atomic mass is 10.1. The molecule has 0 atom stereocenters. The molecular formula is C13H12O3. The molecule has 0 saturated carbocycles. The Balaban J connectivity index is 2.71. The van der Waals surface area contributed by atoms with Gasteiger partial charge in [-0.15, -0.1) is 0 Å². The van der Waals surface area contributed by atoms with Crippen LogP contribution in [0.15, 0.2) is 36.4 Å². The summed E-state index contributed by atoms with van der Waals surface area (Å²) in [6.07, 6.45) is 6.89. The molecule has 16 heavy (non-hydrogen) atoms. The molecule has 0 amide bonds. The second kappa shape index (κ2) is 6.35. The first-order chi connectivity index (χ1) is 7.76. The number of allylic oxidation sites excluding steroid dienone is 1. The summed E-state index contributed by atoms with van der Waals surface area (Å²) in [4.78, 5) is 20.9. The van der Waals surface area contributed by atoms with Gasteiger partial charge in [0.25, 0.3) is 0 Å². The van der Waals surface area contributed by atoms with Gasteiger partial charge in [0.2, 0.25) is 0 Å². The monoisotopic (exact) mass is 216 g/mol. The average molecular weight is 216 g/mol. The van der Waals surface area contributed by atoms with Crippen LogP contribution >= 0.6 is 0 Å². The quantitative estimate of drug-likeness (QED) is 0.439. The molecule has 0 aliphatic carbocycles. The lowest BCUT2D eigenvalue weighted by Gasteiger charge is -1.95. The maximum Gasteiger partial charge on any atom is 0.330 e. The van der Waals surface area contributed by atoms with Crippen molar-refractivity contribution in [2.24, 2.45) is 0 Å². The third-order valence-electron chi connectivity index (χ3n) is 1.92. The minimum atomic E-state index is -0.384. The van der Waals surface area contributed by atoms with Crippen LogP contribution in [-0.2, 0) is 14.3 Å². The summed E-state index contributed by atoms with van der Waals surface area (Å²) in [6.45, 7) is 0. The number of rotatable bonds is 4. The normalized spacial score (nSPS) is 10.8. The largest absolute Gasteiger partial charge is 0.466 e. The van der Waals surface area contributed by atoms with Crippen LogP contribution in [0.2, 0.25) is 0 Å². The second-order valence-electron chi connectivity index (χ2n) is 3.02. The van der Waals surface area contributed by atoms with Crippen molar-refractivity contribution >= 4 is 24.4 Å². The van der Waals surface area contributed by atoms with Crippen molar-refractivity contribution in [1.29, 1.82) is 0 Å². The summed E-state index contributed by atoms with van der Waals surface area (Å²) in [5, 5.41) is 0. The number of carbonyl (C=O) groups excluding carboxylic acids is 2. The Bertz CT molecular complexity index is 413. The minimum Gasteiger partial charge on any atom is -0.466 e. The van der Waals surface area contributed by atoms with E-state index in [2.05, 4.69) is 4.74 Å². The molecule has 0 spiro atoms. The van der Waals surface area contributed by atoms with Gasteiger partial charge >= 0.3 is 5.97 Å². The van der Waals surface area contributed by atoms with Crippen LogP contribution in [0.4, 0.5) is 0 Å². The minimum absolute atomic E-state index is 0.384. The predicted molar refractivity (Wildman–Crippen MR) is 62.6 cm³/mol. The number of ether oxygens (including phenoxy) is 1. The van der Waals surface area contributed by atoms with Crippen LogP contribution in [0, 0.1) is 0 Å². The number of benzene rings is 1. The molecular weight excluding hydrogens is 204 g/mol. The van der Waals surface area contributed by atoms with Crippen LogP contribution in [-0.4, -0.2) is 19.4 Å². The maximum atomic E-state index is 10.8. The van der Waals surface area contributed by atoms with Crippen molar-refractivity contribution in [3.8, 4) is 0 Å². The molecule has 0 aliphatic rings. The molecule has 0 fully saturated rings. The summed E-state index contributed by atoms with van der Waals surface area (Å²) in [6, 6.07) is 7.42.